The lowest BCUT2D eigenvalue weighted by atomic mass is 9.78. The summed E-state index contributed by atoms with van der Waals surface area (Å²) in [5, 5.41) is 0. The van der Waals surface area contributed by atoms with Gasteiger partial charge < -0.3 is 18.9 Å². The lowest BCUT2D eigenvalue weighted by Crippen LogP contribution is -2.57. The highest BCUT2D eigenvalue weighted by Crippen LogP contribution is 2.34. The van der Waals surface area contributed by atoms with Crippen molar-refractivity contribution >= 4 is 17.9 Å². The monoisotopic (exact) mass is 318 g/mol. The number of rotatable bonds is 9. The predicted molar refractivity (Wildman–Crippen MR) is 78.0 cm³/mol. The third-order valence-electron chi connectivity index (χ3n) is 3.50. The molecule has 0 fully saturated rings. The van der Waals surface area contributed by atoms with Crippen molar-refractivity contribution in [3.05, 3.63) is 0 Å². The number of carbonyl (C=O) groups excluding carboxylic acids is 3. The molecule has 2 unspecified atom stereocenters. The number of ether oxygens (including phenoxy) is 4. The molecule has 128 valence electrons. The van der Waals surface area contributed by atoms with Crippen molar-refractivity contribution in [1.82, 2.24) is 0 Å². The SMILES string of the molecule is CCOC(=O)C(C)C(OC)(C(=O)OCC)C(C)C(=O)OCC. The minimum absolute atomic E-state index is 0.0923. The zero-order valence-corrected chi connectivity index (χ0v) is 14.1. The van der Waals surface area contributed by atoms with E-state index in [0.29, 0.717) is 0 Å². The standard InChI is InChI=1S/C15H26O7/c1-7-20-12(16)10(4)15(19-6,14(18)22-9-3)11(5)13(17)21-8-2/h10-11H,7-9H2,1-6H3. The van der Waals surface area contributed by atoms with Crippen LogP contribution in [0.25, 0.3) is 0 Å². The van der Waals surface area contributed by atoms with Gasteiger partial charge in [-0.1, -0.05) is 0 Å². The van der Waals surface area contributed by atoms with Crippen molar-refractivity contribution in [1.29, 1.82) is 0 Å². The lowest BCUT2D eigenvalue weighted by Gasteiger charge is -2.37. The van der Waals surface area contributed by atoms with Crippen LogP contribution in [0.2, 0.25) is 0 Å². The Kier molecular flexibility index (Phi) is 8.70. The Morgan fingerprint density at radius 3 is 1.45 bits per heavy atom. The molecule has 0 aromatic carbocycles. The van der Waals surface area contributed by atoms with Gasteiger partial charge in [0, 0.05) is 7.11 Å². The number of esters is 3. The van der Waals surface area contributed by atoms with E-state index in [9.17, 15) is 14.4 Å². The summed E-state index contributed by atoms with van der Waals surface area (Å²) in [4.78, 5) is 36.6. The second-order valence-corrected chi connectivity index (χ2v) is 4.67. The summed E-state index contributed by atoms with van der Waals surface area (Å²) in [5.41, 5.74) is -1.80. The average Bonchev–Trinajstić information content (AvgIpc) is 2.48. The first-order chi connectivity index (χ1) is 10.3. The van der Waals surface area contributed by atoms with Crippen molar-refractivity contribution in [3.8, 4) is 0 Å². The molecular weight excluding hydrogens is 292 g/mol. The topological polar surface area (TPSA) is 88.1 Å². The van der Waals surface area contributed by atoms with Crippen molar-refractivity contribution in [2.75, 3.05) is 26.9 Å². The van der Waals surface area contributed by atoms with Crippen LogP contribution in [0.1, 0.15) is 34.6 Å². The van der Waals surface area contributed by atoms with Gasteiger partial charge in [-0.25, -0.2) is 4.79 Å². The molecule has 22 heavy (non-hydrogen) atoms. The van der Waals surface area contributed by atoms with Crippen LogP contribution >= 0.6 is 0 Å². The van der Waals surface area contributed by atoms with Crippen molar-refractivity contribution < 1.29 is 33.3 Å². The van der Waals surface area contributed by atoms with Gasteiger partial charge in [0.05, 0.1) is 31.7 Å². The second kappa shape index (κ2) is 9.40. The van der Waals surface area contributed by atoms with Gasteiger partial charge in [-0.2, -0.15) is 0 Å². The molecule has 7 nitrogen and oxygen atoms in total. The number of hydrogen-bond donors (Lipinski definition) is 0. The summed E-state index contributed by atoms with van der Waals surface area (Å²) in [7, 11) is 1.25. The first-order valence-corrected chi connectivity index (χ1v) is 7.38. The Hall–Kier alpha value is -1.63. The molecule has 0 saturated carbocycles. The summed E-state index contributed by atoms with van der Waals surface area (Å²) in [5.74, 6) is -4.15. The van der Waals surface area contributed by atoms with Crippen LogP contribution < -0.4 is 0 Å². The third kappa shape index (κ3) is 4.19. The first kappa shape index (κ1) is 20.4. The van der Waals surface area contributed by atoms with Crippen LogP contribution in [0.4, 0.5) is 0 Å². The highest BCUT2D eigenvalue weighted by atomic mass is 16.6. The minimum atomic E-state index is -1.80. The summed E-state index contributed by atoms with van der Waals surface area (Å²) in [6, 6.07) is 0. The summed E-state index contributed by atoms with van der Waals surface area (Å²) >= 11 is 0. The smallest absolute Gasteiger partial charge is 0.340 e. The molecule has 0 rings (SSSR count). The van der Waals surface area contributed by atoms with Crippen LogP contribution in [0, 0.1) is 11.8 Å². The van der Waals surface area contributed by atoms with E-state index < -0.39 is 35.3 Å². The van der Waals surface area contributed by atoms with E-state index in [2.05, 4.69) is 0 Å². The van der Waals surface area contributed by atoms with Gasteiger partial charge in [-0.3, -0.25) is 9.59 Å². The van der Waals surface area contributed by atoms with E-state index in [1.165, 1.54) is 21.0 Å². The van der Waals surface area contributed by atoms with Crippen LogP contribution in [-0.2, 0) is 33.3 Å². The molecule has 0 aromatic rings. The summed E-state index contributed by atoms with van der Waals surface area (Å²) in [6.45, 7) is 8.26. The maximum absolute atomic E-state index is 12.4. The normalized spacial score (nSPS) is 16.1. The van der Waals surface area contributed by atoms with Crippen molar-refractivity contribution in [2.24, 2.45) is 11.8 Å². The molecule has 0 aromatic heterocycles. The Balaban J connectivity index is 5.76. The van der Waals surface area contributed by atoms with Gasteiger partial charge >= 0.3 is 17.9 Å². The molecule has 7 heteroatoms. The second-order valence-electron chi connectivity index (χ2n) is 4.67. The van der Waals surface area contributed by atoms with Crippen molar-refractivity contribution in [2.45, 2.75) is 40.2 Å². The molecule has 0 aliphatic rings. The Morgan fingerprint density at radius 1 is 0.818 bits per heavy atom. The van der Waals surface area contributed by atoms with E-state index in [4.69, 9.17) is 18.9 Å². The maximum atomic E-state index is 12.4. The van der Waals surface area contributed by atoms with Gasteiger partial charge in [0.2, 0.25) is 0 Å². The number of methoxy groups -OCH3 is 1. The zero-order chi connectivity index (χ0) is 17.3. The largest absolute Gasteiger partial charge is 0.466 e. The minimum Gasteiger partial charge on any atom is -0.466 e. The molecule has 0 saturated heterocycles. The average molecular weight is 318 g/mol. The Morgan fingerprint density at radius 2 is 1.18 bits per heavy atom. The first-order valence-electron chi connectivity index (χ1n) is 7.38. The number of hydrogen-bond acceptors (Lipinski definition) is 7. The molecule has 0 heterocycles. The lowest BCUT2D eigenvalue weighted by molar-refractivity contribution is -0.198. The highest BCUT2D eigenvalue weighted by molar-refractivity contribution is 5.92. The van der Waals surface area contributed by atoms with E-state index in [-0.39, 0.29) is 19.8 Å². The van der Waals surface area contributed by atoms with Gasteiger partial charge in [0.15, 0.2) is 5.60 Å². The quantitative estimate of drug-likeness (QED) is 0.468. The van der Waals surface area contributed by atoms with Gasteiger partial charge in [0.25, 0.3) is 0 Å². The third-order valence-corrected chi connectivity index (χ3v) is 3.50. The molecule has 0 amide bonds. The molecule has 0 bridgehead atoms. The number of carbonyl (C=O) groups is 3. The molecule has 0 aliphatic heterocycles. The van der Waals surface area contributed by atoms with Crippen LogP contribution in [0.3, 0.4) is 0 Å². The van der Waals surface area contributed by atoms with Crippen molar-refractivity contribution in [3.63, 3.8) is 0 Å². The molecule has 2 atom stereocenters. The Labute approximate surface area is 131 Å². The van der Waals surface area contributed by atoms with E-state index in [1.54, 1.807) is 20.8 Å². The zero-order valence-electron chi connectivity index (χ0n) is 14.1. The maximum Gasteiger partial charge on any atom is 0.340 e. The fourth-order valence-electron chi connectivity index (χ4n) is 2.29. The van der Waals surface area contributed by atoms with E-state index >= 15 is 0 Å². The predicted octanol–water partition coefficient (Wildman–Crippen LogP) is 1.33. The molecule has 0 radical (unpaired) electrons. The molecule has 0 N–H and O–H groups in total. The van der Waals surface area contributed by atoms with Crippen LogP contribution in [0.5, 0.6) is 0 Å². The molecular formula is C15H26O7. The van der Waals surface area contributed by atoms with E-state index in [0.717, 1.165) is 0 Å². The van der Waals surface area contributed by atoms with Gasteiger partial charge in [-0.15, -0.1) is 0 Å². The summed E-state index contributed by atoms with van der Waals surface area (Å²) < 4.78 is 20.3. The summed E-state index contributed by atoms with van der Waals surface area (Å²) in [6.07, 6.45) is 0. The molecule has 0 aliphatic carbocycles. The fraction of sp³-hybridized carbons (Fsp3) is 0.800. The Bertz CT molecular complexity index is 367. The van der Waals surface area contributed by atoms with Gasteiger partial charge in [0.1, 0.15) is 0 Å². The van der Waals surface area contributed by atoms with E-state index in [1.807, 2.05) is 0 Å². The van der Waals surface area contributed by atoms with Crippen LogP contribution in [-0.4, -0.2) is 50.4 Å². The fourth-order valence-corrected chi connectivity index (χ4v) is 2.29. The van der Waals surface area contributed by atoms with Crippen LogP contribution in [0.15, 0.2) is 0 Å². The highest BCUT2D eigenvalue weighted by Gasteiger charge is 2.56. The van der Waals surface area contributed by atoms with Gasteiger partial charge in [-0.05, 0) is 34.6 Å². The molecule has 0 spiro atoms.